The summed E-state index contributed by atoms with van der Waals surface area (Å²) in [5.74, 6) is 0.661. The second kappa shape index (κ2) is 10.1. The van der Waals surface area contributed by atoms with Crippen molar-refractivity contribution >= 4 is 41.0 Å². The summed E-state index contributed by atoms with van der Waals surface area (Å²) in [5.41, 5.74) is 1.18. The van der Waals surface area contributed by atoms with E-state index < -0.39 is 0 Å². The van der Waals surface area contributed by atoms with E-state index in [-0.39, 0.29) is 35.3 Å². The van der Waals surface area contributed by atoms with Crippen molar-refractivity contribution in [3.8, 4) is 0 Å². The predicted octanol–water partition coefficient (Wildman–Crippen LogP) is 2.97. The van der Waals surface area contributed by atoms with Crippen LogP contribution in [-0.4, -0.2) is 40.4 Å². The summed E-state index contributed by atoms with van der Waals surface area (Å²) in [7, 11) is 0. The molecule has 0 spiro atoms. The minimum atomic E-state index is -0.256. The summed E-state index contributed by atoms with van der Waals surface area (Å²) < 4.78 is 4.87. The number of carbonyl (C=O) groups excluding carboxylic acids is 3. The van der Waals surface area contributed by atoms with Crippen LogP contribution in [0.3, 0.4) is 0 Å². The molecule has 1 aromatic heterocycles. The molecule has 9 heteroatoms. The summed E-state index contributed by atoms with van der Waals surface area (Å²) in [5, 5.41) is 12.1. The van der Waals surface area contributed by atoms with E-state index in [0.29, 0.717) is 22.8 Å². The fourth-order valence-electron chi connectivity index (χ4n) is 3.08. The van der Waals surface area contributed by atoms with Gasteiger partial charge in [0.25, 0.3) is 5.91 Å². The first-order valence-corrected chi connectivity index (χ1v) is 10.7. The second-order valence-corrected chi connectivity index (χ2v) is 7.93. The van der Waals surface area contributed by atoms with E-state index in [2.05, 4.69) is 21.1 Å². The number of carbonyl (C=O) groups is 3. The number of anilines is 2. The fourth-order valence-corrected chi connectivity index (χ4v) is 3.70. The van der Waals surface area contributed by atoms with Gasteiger partial charge in [-0.3, -0.25) is 14.4 Å². The van der Waals surface area contributed by atoms with Crippen LogP contribution in [0.5, 0.6) is 0 Å². The summed E-state index contributed by atoms with van der Waals surface area (Å²) in [6, 6.07) is 8.68. The van der Waals surface area contributed by atoms with Crippen LogP contribution in [0.2, 0.25) is 0 Å². The Labute approximate surface area is 173 Å². The van der Waals surface area contributed by atoms with Crippen molar-refractivity contribution in [2.24, 2.45) is 0 Å². The van der Waals surface area contributed by atoms with Crippen molar-refractivity contribution in [1.82, 2.24) is 10.5 Å². The molecule has 3 N–H and O–H groups in total. The molecule has 1 heterocycles. The normalized spacial score (nSPS) is 13.8. The summed E-state index contributed by atoms with van der Waals surface area (Å²) >= 11 is 1.19. The number of rotatable bonds is 8. The molecule has 0 saturated heterocycles. The van der Waals surface area contributed by atoms with E-state index >= 15 is 0 Å². The van der Waals surface area contributed by atoms with E-state index in [1.807, 2.05) is 0 Å². The van der Waals surface area contributed by atoms with Crippen LogP contribution in [0, 0.1) is 6.92 Å². The monoisotopic (exact) mass is 416 g/mol. The largest absolute Gasteiger partial charge is 0.360 e. The summed E-state index contributed by atoms with van der Waals surface area (Å²) in [4.78, 5) is 36.1. The predicted molar refractivity (Wildman–Crippen MR) is 112 cm³/mol. The van der Waals surface area contributed by atoms with Crippen LogP contribution in [0.1, 0.15) is 41.8 Å². The number of amides is 3. The van der Waals surface area contributed by atoms with Gasteiger partial charge in [0, 0.05) is 23.4 Å². The zero-order chi connectivity index (χ0) is 20.6. The Hall–Kier alpha value is -2.81. The maximum absolute atomic E-state index is 12.2. The zero-order valence-corrected chi connectivity index (χ0v) is 17.0. The molecule has 0 radical (unpaired) electrons. The molecule has 0 atom stereocenters. The van der Waals surface area contributed by atoms with E-state index in [4.69, 9.17) is 4.52 Å². The van der Waals surface area contributed by atoms with Crippen LogP contribution in [-0.2, 0) is 9.59 Å². The number of benzene rings is 1. The van der Waals surface area contributed by atoms with Gasteiger partial charge in [-0.25, -0.2) is 0 Å². The van der Waals surface area contributed by atoms with Gasteiger partial charge < -0.3 is 20.5 Å². The fraction of sp³-hybridized carbons (Fsp3) is 0.400. The molecule has 0 aliphatic heterocycles. The lowest BCUT2D eigenvalue weighted by atomic mass is 10.1. The van der Waals surface area contributed by atoms with Crippen molar-refractivity contribution in [3.05, 3.63) is 41.7 Å². The second-order valence-electron chi connectivity index (χ2n) is 6.94. The van der Waals surface area contributed by atoms with Gasteiger partial charge in [0.2, 0.25) is 11.8 Å². The molecular formula is C20H24N4O4S. The van der Waals surface area contributed by atoms with Crippen molar-refractivity contribution in [1.29, 1.82) is 0 Å². The van der Waals surface area contributed by atoms with Gasteiger partial charge in [-0.05, 0) is 44.0 Å². The van der Waals surface area contributed by atoms with Crippen molar-refractivity contribution < 1.29 is 18.9 Å². The molecule has 8 nitrogen and oxygen atoms in total. The molecule has 2 aromatic rings. The van der Waals surface area contributed by atoms with Crippen molar-refractivity contribution in [2.45, 2.75) is 38.6 Å². The first-order chi connectivity index (χ1) is 14.0. The molecule has 1 aliphatic carbocycles. The SMILES string of the molecule is Cc1cc(NC(=O)CSCC(=O)Nc2ccc(C(=O)NC3CCCC3)cc2)no1. The number of aryl methyl sites for hydroxylation is 1. The molecule has 1 fully saturated rings. The van der Waals surface area contributed by atoms with Gasteiger partial charge in [-0.15, -0.1) is 11.8 Å². The number of hydrogen-bond donors (Lipinski definition) is 3. The maximum Gasteiger partial charge on any atom is 0.251 e. The smallest absolute Gasteiger partial charge is 0.251 e. The van der Waals surface area contributed by atoms with Crippen LogP contribution >= 0.6 is 11.8 Å². The zero-order valence-electron chi connectivity index (χ0n) is 16.2. The van der Waals surface area contributed by atoms with Gasteiger partial charge in [0.1, 0.15) is 5.76 Å². The standard InChI is InChI=1S/C20H24N4O4S/c1-13-10-17(24-28-13)23-19(26)12-29-11-18(25)21-16-8-6-14(7-9-16)20(27)22-15-4-2-3-5-15/h6-10,15H,2-5,11-12H2,1H3,(H,21,25)(H,22,27)(H,23,24,26). The van der Waals surface area contributed by atoms with E-state index in [9.17, 15) is 14.4 Å². The molecule has 3 rings (SSSR count). The quantitative estimate of drug-likeness (QED) is 0.610. The van der Waals surface area contributed by atoms with Crippen molar-refractivity contribution in [2.75, 3.05) is 22.1 Å². The van der Waals surface area contributed by atoms with Gasteiger partial charge >= 0.3 is 0 Å². The summed E-state index contributed by atoms with van der Waals surface area (Å²) in [6.45, 7) is 1.73. The first-order valence-electron chi connectivity index (χ1n) is 9.51. The molecule has 1 aromatic carbocycles. The molecule has 1 saturated carbocycles. The average Bonchev–Trinajstić information content (AvgIpc) is 3.34. The third-order valence-electron chi connectivity index (χ3n) is 4.48. The average molecular weight is 417 g/mol. The van der Waals surface area contributed by atoms with Gasteiger partial charge in [-0.2, -0.15) is 0 Å². The Morgan fingerprint density at radius 3 is 2.34 bits per heavy atom. The molecule has 0 bridgehead atoms. The van der Waals surface area contributed by atoms with Crippen LogP contribution in [0.15, 0.2) is 34.9 Å². The number of aromatic nitrogens is 1. The highest BCUT2D eigenvalue weighted by atomic mass is 32.2. The van der Waals surface area contributed by atoms with E-state index in [0.717, 1.165) is 25.7 Å². The summed E-state index contributed by atoms with van der Waals surface area (Å²) in [6.07, 6.45) is 4.40. The Kier molecular flexibility index (Phi) is 7.29. The molecule has 0 unspecified atom stereocenters. The third kappa shape index (κ3) is 6.63. The lowest BCUT2D eigenvalue weighted by Gasteiger charge is -2.12. The number of hydrogen-bond acceptors (Lipinski definition) is 6. The minimum Gasteiger partial charge on any atom is -0.360 e. The minimum absolute atomic E-state index is 0.0846. The van der Waals surface area contributed by atoms with E-state index in [1.165, 1.54) is 11.8 Å². The highest BCUT2D eigenvalue weighted by molar-refractivity contribution is 8.00. The van der Waals surface area contributed by atoms with E-state index in [1.54, 1.807) is 37.3 Å². The third-order valence-corrected chi connectivity index (χ3v) is 5.42. The molecule has 1 aliphatic rings. The topological polar surface area (TPSA) is 113 Å². The Balaban J connectivity index is 1.37. The maximum atomic E-state index is 12.2. The number of nitrogens with one attached hydrogen (secondary N) is 3. The van der Waals surface area contributed by atoms with Gasteiger partial charge in [0.05, 0.1) is 11.5 Å². The number of nitrogens with zero attached hydrogens (tertiary/aromatic N) is 1. The molecular weight excluding hydrogens is 392 g/mol. The first kappa shape index (κ1) is 20.9. The molecule has 3 amide bonds. The Bertz CT molecular complexity index is 860. The number of thioether (sulfide) groups is 1. The Morgan fingerprint density at radius 2 is 1.72 bits per heavy atom. The van der Waals surface area contributed by atoms with Gasteiger partial charge in [-0.1, -0.05) is 18.0 Å². The van der Waals surface area contributed by atoms with Gasteiger partial charge in [0.15, 0.2) is 5.82 Å². The van der Waals surface area contributed by atoms with Crippen LogP contribution in [0.25, 0.3) is 0 Å². The van der Waals surface area contributed by atoms with Crippen molar-refractivity contribution in [3.63, 3.8) is 0 Å². The lowest BCUT2D eigenvalue weighted by Crippen LogP contribution is -2.32. The highest BCUT2D eigenvalue weighted by Gasteiger charge is 2.18. The lowest BCUT2D eigenvalue weighted by molar-refractivity contribution is -0.114. The molecule has 154 valence electrons. The Morgan fingerprint density at radius 1 is 1.07 bits per heavy atom. The molecule has 29 heavy (non-hydrogen) atoms. The highest BCUT2D eigenvalue weighted by Crippen LogP contribution is 2.18. The van der Waals surface area contributed by atoms with Crippen LogP contribution < -0.4 is 16.0 Å². The van der Waals surface area contributed by atoms with Crippen LogP contribution in [0.4, 0.5) is 11.5 Å².